The van der Waals surface area contributed by atoms with Gasteiger partial charge in [-0.25, -0.2) is 4.98 Å². The van der Waals surface area contributed by atoms with Crippen molar-refractivity contribution in [1.82, 2.24) is 10.3 Å². The summed E-state index contributed by atoms with van der Waals surface area (Å²) in [5, 5.41) is 8.27. The summed E-state index contributed by atoms with van der Waals surface area (Å²) in [4.78, 5) is 26.7. The quantitative estimate of drug-likeness (QED) is 0.536. The molecule has 82 valence electrons. The van der Waals surface area contributed by atoms with Crippen LogP contribution in [0.5, 0.6) is 0 Å². The maximum atomic E-state index is 11.7. The minimum atomic E-state index is -0.577. The lowest BCUT2D eigenvalue weighted by Gasteiger charge is -2.13. The molecule has 0 bridgehead atoms. The van der Waals surface area contributed by atoms with Crippen molar-refractivity contribution < 1.29 is 9.59 Å². The first-order valence-electron chi connectivity index (χ1n) is 4.93. The van der Waals surface area contributed by atoms with Gasteiger partial charge in [0.15, 0.2) is 5.81 Å². The molecule has 2 heterocycles. The number of aromatic nitrogens is 1. The lowest BCUT2D eigenvalue weighted by Crippen LogP contribution is -2.46. The molecule has 0 radical (unpaired) electrons. The van der Waals surface area contributed by atoms with Gasteiger partial charge in [0, 0.05) is 12.7 Å². The Morgan fingerprint density at radius 2 is 2.44 bits per heavy atom. The number of fused-ring (bicyclic) bond motifs is 1. The van der Waals surface area contributed by atoms with Crippen LogP contribution < -0.4 is 16.0 Å². The first-order chi connectivity index (χ1) is 7.66. The number of rotatable bonds is 1. The van der Waals surface area contributed by atoms with Crippen LogP contribution in [0, 0.1) is 0 Å². The molecular weight excluding hydrogens is 207 g/mol. The van der Waals surface area contributed by atoms with Crippen LogP contribution in [-0.2, 0) is 4.79 Å². The molecule has 2 rings (SSSR count). The van der Waals surface area contributed by atoms with Gasteiger partial charge in [0.25, 0.3) is 0 Å². The van der Waals surface area contributed by atoms with Crippen LogP contribution in [-0.4, -0.2) is 37.1 Å². The molecule has 0 unspecified atom stereocenters. The Kier molecular flexibility index (Phi) is 2.76. The highest BCUT2D eigenvalue weighted by Gasteiger charge is 2.23. The molecule has 1 aromatic rings. The van der Waals surface area contributed by atoms with Crippen LogP contribution >= 0.6 is 0 Å². The minimum Gasteiger partial charge on any atom is -0.366 e. The average molecular weight is 218 g/mol. The Morgan fingerprint density at radius 1 is 1.62 bits per heavy atom. The van der Waals surface area contributed by atoms with E-state index in [-0.39, 0.29) is 11.7 Å². The molecule has 0 aliphatic carbocycles. The lowest BCUT2D eigenvalue weighted by atomic mass is 10.1. The number of hydrogen-bond acceptors (Lipinski definition) is 4. The summed E-state index contributed by atoms with van der Waals surface area (Å²) in [7, 11) is 1.38. The summed E-state index contributed by atoms with van der Waals surface area (Å²) in [6, 6.07) is 2.91. The van der Waals surface area contributed by atoms with Gasteiger partial charge >= 0.3 is 0 Å². The number of carbonyl (C=O) groups is 2. The highest BCUT2D eigenvalue weighted by molar-refractivity contribution is 6.57. The van der Waals surface area contributed by atoms with Crippen molar-refractivity contribution >= 4 is 31.1 Å². The summed E-state index contributed by atoms with van der Waals surface area (Å²) >= 11 is 0. The van der Waals surface area contributed by atoms with E-state index in [1.165, 1.54) is 7.85 Å². The van der Waals surface area contributed by atoms with Crippen LogP contribution in [0.2, 0.25) is 0 Å². The van der Waals surface area contributed by atoms with E-state index < -0.39 is 6.04 Å². The third kappa shape index (κ3) is 2.13. The Morgan fingerprint density at radius 3 is 3.19 bits per heavy atom. The van der Waals surface area contributed by atoms with E-state index in [0.29, 0.717) is 18.1 Å². The van der Waals surface area contributed by atoms with Gasteiger partial charge in [-0.3, -0.25) is 9.59 Å². The predicted octanol–water partition coefficient (Wildman–Crippen LogP) is -0.843. The molecule has 3 N–H and O–H groups in total. The van der Waals surface area contributed by atoms with Gasteiger partial charge in [0.1, 0.15) is 11.9 Å². The fraction of sp³-hybridized carbons (Fsp3) is 0.222. The van der Waals surface area contributed by atoms with Crippen LogP contribution in [0.4, 0.5) is 16.3 Å². The fourth-order valence-electron chi connectivity index (χ4n) is 1.52. The van der Waals surface area contributed by atoms with Gasteiger partial charge < -0.3 is 16.0 Å². The average Bonchev–Trinajstić information content (AvgIpc) is 2.39. The number of nitrogens with zero attached hydrogens (tertiary/aromatic N) is 1. The second-order valence-corrected chi connectivity index (χ2v) is 3.52. The molecule has 16 heavy (non-hydrogen) atoms. The number of pyridine rings is 1. The number of carbonyl (C=O) groups excluding carboxylic acids is 2. The van der Waals surface area contributed by atoms with Crippen molar-refractivity contribution in [3.8, 4) is 0 Å². The first-order valence-corrected chi connectivity index (χ1v) is 4.93. The maximum Gasteiger partial charge on any atom is 0.248 e. The lowest BCUT2D eigenvalue weighted by molar-refractivity contribution is -0.117. The predicted molar refractivity (Wildman–Crippen MR) is 62.2 cm³/mol. The summed E-state index contributed by atoms with van der Waals surface area (Å²) in [6.45, 7) is 0.329. The van der Waals surface area contributed by atoms with Gasteiger partial charge in [-0.2, -0.15) is 0 Å². The van der Waals surface area contributed by atoms with Crippen LogP contribution in [0.25, 0.3) is 0 Å². The van der Waals surface area contributed by atoms with Crippen LogP contribution in [0.3, 0.4) is 0 Å². The number of hydrogen-bond donors (Lipinski definition) is 3. The third-order valence-electron chi connectivity index (χ3n) is 2.23. The smallest absolute Gasteiger partial charge is 0.248 e. The van der Waals surface area contributed by atoms with E-state index in [0.717, 1.165) is 0 Å². The molecule has 1 aliphatic rings. The number of amides is 2. The van der Waals surface area contributed by atoms with Crippen LogP contribution in [0.15, 0.2) is 18.3 Å². The molecule has 1 aromatic heterocycles. The zero-order valence-corrected chi connectivity index (χ0v) is 8.78. The molecule has 0 spiro atoms. The van der Waals surface area contributed by atoms with Crippen molar-refractivity contribution in [1.29, 1.82) is 0 Å². The molecule has 6 nitrogen and oxygen atoms in total. The van der Waals surface area contributed by atoms with Gasteiger partial charge in [-0.1, -0.05) is 0 Å². The van der Waals surface area contributed by atoms with Crippen molar-refractivity contribution in [2.45, 2.75) is 6.04 Å². The van der Waals surface area contributed by atoms with E-state index >= 15 is 0 Å². The maximum absolute atomic E-state index is 11.7. The van der Waals surface area contributed by atoms with Crippen molar-refractivity contribution in [3.05, 3.63) is 18.3 Å². The Bertz CT molecular complexity index is 437. The second-order valence-electron chi connectivity index (χ2n) is 3.52. The number of anilines is 2. The minimum absolute atomic E-state index is 0.235. The molecule has 1 atom stereocenters. The largest absolute Gasteiger partial charge is 0.366 e. The molecule has 2 amide bonds. The molecule has 0 saturated carbocycles. The van der Waals surface area contributed by atoms with Crippen molar-refractivity contribution in [2.75, 3.05) is 17.2 Å². The SMILES string of the molecule is BC(=O)N[C@H]1CNc2ncccc2NC1=O. The normalized spacial score (nSPS) is 18.8. The monoisotopic (exact) mass is 218 g/mol. The van der Waals surface area contributed by atoms with Gasteiger partial charge in [-0.15, -0.1) is 0 Å². The molecule has 0 saturated heterocycles. The molecule has 0 aromatic carbocycles. The highest BCUT2D eigenvalue weighted by atomic mass is 16.2. The summed E-state index contributed by atoms with van der Waals surface area (Å²) in [5.74, 6) is 0.138. The second kappa shape index (κ2) is 4.22. The van der Waals surface area contributed by atoms with E-state index in [1.807, 2.05) is 0 Å². The summed E-state index contributed by atoms with van der Waals surface area (Å²) in [6.07, 6.45) is 1.64. The Labute approximate surface area is 93.2 Å². The summed E-state index contributed by atoms with van der Waals surface area (Å²) < 4.78 is 0. The Balaban J connectivity index is 2.18. The van der Waals surface area contributed by atoms with E-state index in [9.17, 15) is 9.59 Å². The zero-order valence-electron chi connectivity index (χ0n) is 8.78. The zero-order chi connectivity index (χ0) is 11.5. The van der Waals surface area contributed by atoms with E-state index in [4.69, 9.17) is 0 Å². The fourth-order valence-corrected chi connectivity index (χ4v) is 1.52. The van der Waals surface area contributed by atoms with Gasteiger partial charge in [0.05, 0.1) is 5.69 Å². The molecule has 0 fully saturated rings. The van der Waals surface area contributed by atoms with Gasteiger partial charge in [-0.05, 0) is 12.1 Å². The summed E-state index contributed by atoms with van der Waals surface area (Å²) in [5.41, 5.74) is 0.625. The van der Waals surface area contributed by atoms with E-state index in [2.05, 4.69) is 20.9 Å². The highest BCUT2D eigenvalue weighted by Crippen LogP contribution is 2.20. The number of nitrogens with one attached hydrogen (secondary N) is 3. The Hall–Kier alpha value is -2.05. The standard InChI is InChI=1S/C9H11BN4O2/c10-9(16)14-6-4-12-7-5(13-8(6)15)2-1-3-11-7/h1-3,6H,4,10H2,(H,11,12)(H,13,15)(H,14,16)/t6-/m0/s1. The van der Waals surface area contributed by atoms with Crippen molar-refractivity contribution in [2.24, 2.45) is 0 Å². The third-order valence-corrected chi connectivity index (χ3v) is 2.23. The molecule has 7 heteroatoms. The molecule has 1 aliphatic heterocycles. The first kappa shape index (κ1) is 10.5. The van der Waals surface area contributed by atoms with E-state index in [1.54, 1.807) is 18.3 Å². The van der Waals surface area contributed by atoms with Crippen molar-refractivity contribution in [3.63, 3.8) is 0 Å². The topological polar surface area (TPSA) is 83.1 Å². The van der Waals surface area contributed by atoms with Crippen LogP contribution in [0.1, 0.15) is 0 Å². The van der Waals surface area contributed by atoms with Gasteiger partial charge in [0.2, 0.25) is 13.8 Å². The molecular formula is C9H11BN4O2.